The molecule has 0 fully saturated rings. The number of fused-ring (bicyclic) bond motifs is 1. The van der Waals surface area contributed by atoms with Crippen molar-refractivity contribution in [1.82, 2.24) is 5.32 Å². The van der Waals surface area contributed by atoms with E-state index in [2.05, 4.69) is 28.8 Å². The van der Waals surface area contributed by atoms with E-state index in [4.69, 9.17) is 22.2 Å². The Morgan fingerprint density at radius 2 is 2.08 bits per heavy atom. The molecule has 1 atom stereocenters. The highest BCUT2D eigenvalue weighted by Crippen LogP contribution is 2.32. The molecule has 2 N–H and O–H groups in total. The standard InChI is InChI=1S/C20H21N3OS/c1-24-17-9-10-18-15(13-17)3-2-4-19(18)23-20(25)22-16-7-5-14(6-8-16)11-12-21/h5-10,13,19H,2-4,11H2,1H3,(H2,22,23,25)/t19-/m0/s1. The number of methoxy groups -OCH3 is 1. The van der Waals surface area contributed by atoms with E-state index in [0.29, 0.717) is 11.5 Å². The molecule has 3 rings (SSSR count). The Morgan fingerprint density at radius 1 is 1.28 bits per heavy atom. The number of ether oxygens (including phenoxy) is 1. The van der Waals surface area contributed by atoms with Gasteiger partial charge >= 0.3 is 0 Å². The molecule has 2 aromatic carbocycles. The van der Waals surface area contributed by atoms with Gasteiger partial charge < -0.3 is 15.4 Å². The zero-order valence-electron chi connectivity index (χ0n) is 14.2. The zero-order valence-corrected chi connectivity index (χ0v) is 15.0. The van der Waals surface area contributed by atoms with E-state index >= 15 is 0 Å². The number of nitrogens with one attached hydrogen (secondary N) is 2. The number of nitriles is 1. The summed E-state index contributed by atoms with van der Waals surface area (Å²) in [4.78, 5) is 0. The van der Waals surface area contributed by atoms with Gasteiger partial charge in [0.2, 0.25) is 0 Å². The van der Waals surface area contributed by atoms with Crippen molar-refractivity contribution in [1.29, 1.82) is 5.26 Å². The van der Waals surface area contributed by atoms with Crippen LogP contribution < -0.4 is 15.4 Å². The normalized spacial score (nSPS) is 15.6. The van der Waals surface area contributed by atoms with Crippen LogP contribution in [0.25, 0.3) is 0 Å². The van der Waals surface area contributed by atoms with E-state index in [9.17, 15) is 0 Å². The molecule has 25 heavy (non-hydrogen) atoms. The van der Waals surface area contributed by atoms with Crippen molar-refractivity contribution in [2.45, 2.75) is 31.7 Å². The van der Waals surface area contributed by atoms with Crippen LogP contribution in [0.1, 0.15) is 35.6 Å². The fraction of sp³-hybridized carbons (Fsp3) is 0.300. The molecule has 0 heterocycles. The molecule has 0 saturated heterocycles. The molecule has 0 bridgehead atoms. The van der Waals surface area contributed by atoms with Gasteiger partial charge in [-0.05, 0) is 72.4 Å². The van der Waals surface area contributed by atoms with E-state index in [1.807, 2.05) is 30.3 Å². The SMILES string of the molecule is COc1ccc2c(c1)CCC[C@@H]2NC(=S)Nc1ccc(CC#N)cc1. The van der Waals surface area contributed by atoms with Crippen LogP contribution in [-0.4, -0.2) is 12.2 Å². The van der Waals surface area contributed by atoms with Crippen molar-refractivity contribution < 1.29 is 4.74 Å². The molecule has 0 aliphatic heterocycles. The summed E-state index contributed by atoms with van der Waals surface area (Å²) in [5.74, 6) is 0.901. The lowest BCUT2D eigenvalue weighted by Crippen LogP contribution is -2.34. The Labute approximate surface area is 153 Å². The molecule has 5 heteroatoms. The number of hydrogen-bond acceptors (Lipinski definition) is 3. The third-order valence-corrected chi connectivity index (χ3v) is 4.68. The second kappa shape index (κ2) is 8.00. The fourth-order valence-electron chi connectivity index (χ4n) is 3.19. The summed E-state index contributed by atoms with van der Waals surface area (Å²) in [7, 11) is 1.70. The molecule has 128 valence electrons. The van der Waals surface area contributed by atoms with Crippen LogP contribution in [0.15, 0.2) is 42.5 Å². The summed E-state index contributed by atoms with van der Waals surface area (Å²) in [5, 5.41) is 16.0. The van der Waals surface area contributed by atoms with Crippen LogP contribution >= 0.6 is 12.2 Å². The summed E-state index contributed by atoms with van der Waals surface area (Å²) >= 11 is 5.48. The lowest BCUT2D eigenvalue weighted by atomic mass is 9.87. The smallest absolute Gasteiger partial charge is 0.171 e. The molecule has 0 radical (unpaired) electrons. The highest BCUT2D eigenvalue weighted by Gasteiger charge is 2.21. The van der Waals surface area contributed by atoms with Gasteiger partial charge in [-0.2, -0.15) is 5.26 Å². The molecule has 2 aromatic rings. The van der Waals surface area contributed by atoms with Crippen LogP contribution in [0.2, 0.25) is 0 Å². The van der Waals surface area contributed by atoms with Gasteiger partial charge in [0.15, 0.2) is 5.11 Å². The van der Waals surface area contributed by atoms with Gasteiger partial charge in [0.25, 0.3) is 0 Å². The number of benzene rings is 2. The number of thiocarbonyl (C=S) groups is 1. The zero-order chi connectivity index (χ0) is 17.6. The minimum Gasteiger partial charge on any atom is -0.497 e. The molecule has 0 aromatic heterocycles. The van der Waals surface area contributed by atoms with Crippen molar-refractivity contribution in [3.05, 3.63) is 59.2 Å². The minimum absolute atomic E-state index is 0.215. The second-order valence-electron chi connectivity index (χ2n) is 6.14. The lowest BCUT2D eigenvalue weighted by Gasteiger charge is -2.28. The first-order valence-electron chi connectivity index (χ1n) is 8.40. The van der Waals surface area contributed by atoms with Crippen molar-refractivity contribution in [3.8, 4) is 11.8 Å². The monoisotopic (exact) mass is 351 g/mol. The molecule has 4 nitrogen and oxygen atoms in total. The van der Waals surface area contributed by atoms with Gasteiger partial charge in [-0.25, -0.2) is 0 Å². The van der Waals surface area contributed by atoms with Crippen molar-refractivity contribution >= 4 is 23.0 Å². The Bertz CT molecular complexity index is 796. The number of hydrogen-bond donors (Lipinski definition) is 2. The molecule has 0 saturated carbocycles. The predicted molar refractivity (Wildman–Crippen MR) is 104 cm³/mol. The third kappa shape index (κ3) is 4.28. The summed E-state index contributed by atoms with van der Waals surface area (Å²) in [5.41, 5.74) is 4.54. The number of nitrogens with zero attached hydrogens (tertiary/aromatic N) is 1. The van der Waals surface area contributed by atoms with Crippen LogP contribution in [0.3, 0.4) is 0 Å². The summed E-state index contributed by atoms with van der Waals surface area (Å²) in [6, 6.07) is 16.4. The first-order chi connectivity index (χ1) is 12.2. The van der Waals surface area contributed by atoms with Crippen LogP contribution in [-0.2, 0) is 12.8 Å². The predicted octanol–water partition coefficient (Wildman–Crippen LogP) is 4.13. The Hall–Kier alpha value is -2.58. The van der Waals surface area contributed by atoms with Gasteiger partial charge in [-0.15, -0.1) is 0 Å². The third-order valence-electron chi connectivity index (χ3n) is 4.46. The van der Waals surface area contributed by atoms with Crippen LogP contribution in [0.4, 0.5) is 5.69 Å². The highest BCUT2D eigenvalue weighted by molar-refractivity contribution is 7.80. The van der Waals surface area contributed by atoms with E-state index in [1.54, 1.807) is 7.11 Å². The maximum absolute atomic E-state index is 8.73. The lowest BCUT2D eigenvalue weighted by molar-refractivity contribution is 0.412. The minimum atomic E-state index is 0.215. The molecule has 0 spiro atoms. The molecule has 1 aliphatic carbocycles. The van der Waals surface area contributed by atoms with Gasteiger partial charge in [0, 0.05) is 5.69 Å². The van der Waals surface area contributed by atoms with E-state index in [1.165, 1.54) is 11.1 Å². The van der Waals surface area contributed by atoms with E-state index in [-0.39, 0.29) is 6.04 Å². The van der Waals surface area contributed by atoms with Gasteiger partial charge in [0.05, 0.1) is 25.6 Å². The molecule has 1 aliphatic rings. The Kier molecular flexibility index (Phi) is 5.52. The maximum Gasteiger partial charge on any atom is 0.171 e. The fourth-order valence-corrected chi connectivity index (χ4v) is 3.45. The largest absolute Gasteiger partial charge is 0.497 e. The second-order valence-corrected chi connectivity index (χ2v) is 6.55. The van der Waals surface area contributed by atoms with Gasteiger partial charge in [0.1, 0.15) is 5.75 Å². The number of anilines is 1. The molecular formula is C20H21N3OS. The van der Waals surface area contributed by atoms with E-state index < -0.39 is 0 Å². The molecule has 0 unspecified atom stereocenters. The maximum atomic E-state index is 8.73. The van der Waals surface area contributed by atoms with Gasteiger partial charge in [-0.3, -0.25) is 0 Å². The molecular weight excluding hydrogens is 330 g/mol. The quantitative estimate of drug-likeness (QED) is 0.811. The molecule has 0 amide bonds. The van der Waals surface area contributed by atoms with Gasteiger partial charge in [-0.1, -0.05) is 18.2 Å². The first kappa shape index (κ1) is 17.2. The summed E-state index contributed by atoms with van der Waals surface area (Å²) < 4.78 is 5.32. The average Bonchev–Trinajstić information content (AvgIpc) is 2.63. The highest BCUT2D eigenvalue weighted by atomic mass is 32.1. The number of rotatable bonds is 4. The first-order valence-corrected chi connectivity index (χ1v) is 8.80. The summed E-state index contributed by atoms with van der Waals surface area (Å²) in [6.45, 7) is 0. The van der Waals surface area contributed by atoms with E-state index in [0.717, 1.165) is 36.3 Å². The van der Waals surface area contributed by atoms with Crippen molar-refractivity contribution in [2.75, 3.05) is 12.4 Å². The van der Waals surface area contributed by atoms with Crippen LogP contribution in [0.5, 0.6) is 5.75 Å². The van der Waals surface area contributed by atoms with Crippen LogP contribution in [0, 0.1) is 11.3 Å². The Balaban J connectivity index is 1.65. The Morgan fingerprint density at radius 3 is 2.80 bits per heavy atom. The van der Waals surface area contributed by atoms with Crippen molar-refractivity contribution in [2.24, 2.45) is 0 Å². The average molecular weight is 351 g/mol. The summed E-state index contributed by atoms with van der Waals surface area (Å²) in [6.07, 6.45) is 3.68. The van der Waals surface area contributed by atoms with Crippen molar-refractivity contribution in [3.63, 3.8) is 0 Å². The topological polar surface area (TPSA) is 57.1 Å². The number of aryl methyl sites for hydroxylation is 1.